The van der Waals surface area contributed by atoms with E-state index >= 15 is 0 Å². The summed E-state index contributed by atoms with van der Waals surface area (Å²) in [6, 6.07) is 18.9. The minimum atomic E-state index is -0.212. The highest BCUT2D eigenvalue weighted by Gasteiger charge is 2.13. The lowest BCUT2D eigenvalue weighted by Crippen LogP contribution is -2.02. The molecule has 0 aliphatic rings. The number of nitrogens with one attached hydrogen (secondary N) is 1. The van der Waals surface area contributed by atoms with E-state index in [0.29, 0.717) is 12.1 Å². The van der Waals surface area contributed by atoms with Crippen LogP contribution in [-0.4, -0.2) is 14.8 Å². The van der Waals surface area contributed by atoms with Crippen LogP contribution in [0.1, 0.15) is 16.8 Å². The van der Waals surface area contributed by atoms with E-state index in [9.17, 15) is 4.39 Å². The molecule has 0 bridgehead atoms. The van der Waals surface area contributed by atoms with Gasteiger partial charge in [0, 0.05) is 18.3 Å². The molecule has 2 aromatic carbocycles. The van der Waals surface area contributed by atoms with E-state index in [1.54, 1.807) is 28.2 Å². The molecule has 4 nitrogen and oxygen atoms in total. The molecule has 0 saturated heterocycles. The highest BCUT2D eigenvalue weighted by Crippen LogP contribution is 2.31. The van der Waals surface area contributed by atoms with Crippen molar-refractivity contribution in [3.63, 3.8) is 0 Å². The van der Waals surface area contributed by atoms with Crippen molar-refractivity contribution in [1.82, 2.24) is 14.8 Å². The van der Waals surface area contributed by atoms with Gasteiger partial charge in [0.25, 0.3) is 0 Å². The molecular weight excluding hydrogens is 359 g/mol. The van der Waals surface area contributed by atoms with E-state index in [1.165, 1.54) is 11.6 Å². The third-order valence-corrected chi connectivity index (χ3v) is 5.38. The Bertz CT molecular complexity index is 1040. The molecule has 0 radical (unpaired) electrons. The van der Waals surface area contributed by atoms with Crippen molar-refractivity contribution in [2.45, 2.75) is 20.0 Å². The first-order chi connectivity index (χ1) is 13.2. The quantitative estimate of drug-likeness (QED) is 0.507. The number of anilines is 1. The van der Waals surface area contributed by atoms with E-state index in [-0.39, 0.29) is 5.82 Å². The predicted molar refractivity (Wildman–Crippen MR) is 107 cm³/mol. The molecule has 4 rings (SSSR count). The molecule has 0 atom stereocenters. The zero-order chi connectivity index (χ0) is 18.6. The highest BCUT2D eigenvalue weighted by molar-refractivity contribution is 7.19. The van der Waals surface area contributed by atoms with Crippen LogP contribution in [0.5, 0.6) is 0 Å². The van der Waals surface area contributed by atoms with Gasteiger partial charge in [-0.3, -0.25) is 4.68 Å². The standard InChI is InChI=1S/C21H19FN4S/c1-15-20(27-21(24-15)23-13-16-7-3-2-4-8-16)19-11-12-26(25-19)14-17-9-5-6-10-18(17)22/h2-12H,13-14H2,1H3,(H,23,24). The van der Waals surface area contributed by atoms with Gasteiger partial charge in [-0.15, -0.1) is 0 Å². The number of rotatable bonds is 6. The topological polar surface area (TPSA) is 42.7 Å². The van der Waals surface area contributed by atoms with Crippen molar-refractivity contribution in [3.8, 4) is 10.6 Å². The normalized spacial score (nSPS) is 10.9. The number of aromatic nitrogens is 3. The number of thiazole rings is 1. The summed E-state index contributed by atoms with van der Waals surface area (Å²) >= 11 is 1.58. The first-order valence-electron chi connectivity index (χ1n) is 8.71. The highest BCUT2D eigenvalue weighted by atomic mass is 32.1. The average molecular weight is 378 g/mol. The van der Waals surface area contributed by atoms with Crippen LogP contribution >= 0.6 is 11.3 Å². The fraction of sp³-hybridized carbons (Fsp3) is 0.143. The maximum atomic E-state index is 13.8. The Balaban J connectivity index is 1.48. The van der Waals surface area contributed by atoms with Gasteiger partial charge in [0.2, 0.25) is 0 Å². The van der Waals surface area contributed by atoms with Gasteiger partial charge >= 0.3 is 0 Å². The van der Waals surface area contributed by atoms with Crippen LogP contribution in [0.2, 0.25) is 0 Å². The Morgan fingerprint density at radius 1 is 1.04 bits per heavy atom. The van der Waals surface area contributed by atoms with E-state index in [0.717, 1.165) is 27.9 Å². The van der Waals surface area contributed by atoms with Gasteiger partial charge in [0.1, 0.15) is 11.5 Å². The molecule has 2 heterocycles. The van der Waals surface area contributed by atoms with Gasteiger partial charge in [-0.05, 0) is 24.6 Å². The van der Waals surface area contributed by atoms with Crippen LogP contribution in [0, 0.1) is 12.7 Å². The second-order valence-corrected chi connectivity index (χ2v) is 7.26. The number of aryl methyl sites for hydroxylation is 1. The summed E-state index contributed by atoms with van der Waals surface area (Å²) in [5.41, 5.74) is 3.63. The first kappa shape index (κ1) is 17.4. The first-order valence-corrected chi connectivity index (χ1v) is 9.53. The summed E-state index contributed by atoms with van der Waals surface area (Å²) in [5.74, 6) is -0.212. The Morgan fingerprint density at radius 3 is 2.63 bits per heavy atom. The van der Waals surface area contributed by atoms with Gasteiger partial charge in [0.05, 0.1) is 17.1 Å². The number of benzene rings is 2. The summed E-state index contributed by atoms with van der Waals surface area (Å²) in [6.07, 6.45) is 1.87. The van der Waals surface area contributed by atoms with Crippen molar-refractivity contribution < 1.29 is 4.39 Å². The molecule has 2 aromatic heterocycles. The third kappa shape index (κ3) is 4.06. The summed E-state index contributed by atoms with van der Waals surface area (Å²) < 4.78 is 15.6. The molecule has 4 aromatic rings. The Hall–Kier alpha value is -2.99. The van der Waals surface area contributed by atoms with Crippen LogP contribution in [-0.2, 0) is 13.1 Å². The summed E-state index contributed by atoms with van der Waals surface area (Å²) in [5, 5.41) is 8.84. The van der Waals surface area contributed by atoms with Gasteiger partial charge in [-0.25, -0.2) is 9.37 Å². The number of halogens is 1. The number of hydrogen-bond donors (Lipinski definition) is 1. The Kier molecular flexibility index (Phi) is 4.98. The van der Waals surface area contributed by atoms with Gasteiger partial charge < -0.3 is 5.32 Å². The molecule has 0 saturated carbocycles. The number of hydrogen-bond acceptors (Lipinski definition) is 4. The van der Waals surface area contributed by atoms with Gasteiger partial charge in [-0.2, -0.15) is 5.10 Å². The molecule has 1 N–H and O–H groups in total. The van der Waals surface area contributed by atoms with Crippen molar-refractivity contribution >= 4 is 16.5 Å². The molecule has 6 heteroatoms. The molecule has 0 fully saturated rings. The molecule has 136 valence electrons. The van der Waals surface area contributed by atoms with Crippen LogP contribution in [0.15, 0.2) is 66.9 Å². The maximum absolute atomic E-state index is 13.8. The molecule has 0 aliphatic heterocycles. The van der Waals surface area contributed by atoms with Crippen LogP contribution in [0.4, 0.5) is 9.52 Å². The van der Waals surface area contributed by atoms with Crippen LogP contribution in [0.3, 0.4) is 0 Å². The molecule has 0 amide bonds. The summed E-state index contributed by atoms with van der Waals surface area (Å²) in [7, 11) is 0. The van der Waals surface area contributed by atoms with Crippen molar-refractivity contribution in [2.24, 2.45) is 0 Å². The van der Waals surface area contributed by atoms with Crippen LogP contribution < -0.4 is 5.32 Å². The van der Waals surface area contributed by atoms with Crippen molar-refractivity contribution in [3.05, 3.63) is 89.5 Å². The zero-order valence-electron chi connectivity index (χ0n) is 14.9. The van der Waals surface area contributed by atoms with Crippen molar-refractivity contribution in [1.29, 1.82) is 0 Å². The lowest BCUT2D eigenvalue weighted by atomic mass is 10.2. The lowest BCUT2D eigenvalue weighted by molar-refractivity contribution is 0.586. The zero-order valence-corrected chi connectivity index (χ0v) is 15.7. The van der Waals surface area contributed by atoms with Crippen LogP contribution in [0.25, 0.3) is 10.6 Å². The SMILES string of the molecule is Cc1nc(NCc2ccccc2)sc1-c1ccn(Cc2ccccc2F)n1. The lowest BCUT2D eigenvalue weighted by Gasteiger charge is -2.03. The van der Waals surface area contributed by atoms with Gasteiger partial charge in [-0.1, -0.05) is 59.9 Å². The smallest absolute Gasteiger partial charge is 0.183 e. The van der Waals surface area contributed by atoms with E-state index < -0.39 is 0 Å². The summed E-state index contributed by atoms with van der Waals surface area (Å²) in [4.78, 5) is 5.63. The van der Waals surface area contributed by atoms with E-state index in [4.69, 9.17) is 0 Å². The predicted octanol–water partition coefficient (Wildman–Crippen LogP) is 5.11. The fourth-order valence-electron chi connectivity index (χ4n) is 2.86. The largest absolute Gasteiger partial charge is 0.357 e. The molecular formula is C21H19FN4S. The third-order valence-electron chi connectivity index (χ3n) is 4.25. The average Bonchev–Trinajstić information content (AvgIpc) is 3.29. The van der Waals surface area contributed by atoms with E-state index in [1.807, 2.05) is 43.5 Å². The molecule has 0 aliphatic carbocycles. The maximum Gasteiger partial charge on any atom is 0.183 e. The molecule has 0 unspecified atom stereocenters. The fourth-order valence-corrected chi connectivity index (χ4v) is 3.78. The monoisotopic (exact) mass is 378 g/mol. The second kappa shape index (κ2) is 7.72. The minimum absolute atomic E-state index is 0.212. The van der Waals surface area contributed by atoms with E-state index in [2.05, 4.69) is 27.5 Å². The van der Waals surface area contributed by atoms with Crippen molar-refractivity contribution in [2.75, 3.05) is 5.32 Å². The number of nitrogens with zero attached hydrogens (tertiary/aromatic N) is 3. The Labute approximate surface area is 161 Å². The second-order valence-electron chi connectivity index (χ2n) is 6.26. The minimum Gasteiger partial charge on any atom is -0.357 e. The Morgan fingerprint density at radius 2 is 1.81 bits per heavy atom. The molecule has 27 heavy (non-hydrogen) atoms. The molecule has 0 spiro atoms. The summed E-state index contributed by atoms with van der Waals surface area (Å²) in [6.45, 7) is 3.12. The van der Waals surface area contributed by atoms with Gasteiger partial charge in [0.15, 0.2) is 5.13 Å².